The third-order valence-electron chi connectivity index (χ3n) is 3.85. The number of likely N-dealkylation sites (tertiary alicyclic amines) is 1. The van der Waals surface area contributed by atoms with Gasteiger partial charge in [-0.15, -0.1) is 0 Å². The lowest BCUT2D eigenvalue weighted by Gasteiger charge is -2.35. The lowest BCUT2D eigenvalue weighted by molar-refractivity contribution is -0.146. The first-order valence-electron chi connectivity index (χ1n) is 7.99. The average molecular weight is 321 g/mol. The van der Waals surface area contributed by atoms with E-state index >= 15 is 0 Å². The van der Waals surface area contributed by atoms with Crippen LogP contribution in [0.5, 0.6) is 0 Å². The minimum Gasteiger partial charge on any atom is -0.481 e. The monoisotopic (exact) mass is 321 g/mol. The number of aliphatic carboxylic acids is 1. The molecule has 0 radical (unpaired) electrons. The van der Waals surface area contributed by atoms with Gasteiger partial charge in [-0.1, -0.05) is 20.3 Å². The molecule has 6 nitrogen and oxygen atoms in total. The van der Waals surface area contributed by atoms with Crippen LogP contribution >= 0.6 is 0 Å². The van der Waals surface area contributed by atoms with Crippen molar-refractivity contribution in [2.75, 3.05) is 20.1 Å². The number of nitrogens with two attached hydrogens (primary N) is 1. The van der Waals surface area contributed by atoms with Crippen LogP contribution < -0.4 is 5.73 Å². The Morgan fingerprint density at radius 2 is 2.09 bits per heavy atom. The van der Waals surface area contributed by atoms with Crippen molar-refractivity contribution in [3.63, 3.8) is 0 Å². The topological polar surface area (TPSA) is 96.0 Å². The zero-order chi connectivity index (χ0) is 17.4. The van der Waals surface area contributed by atoms with E-state index in [2.05, 4.69) is 4.99 Å². The van der Waals surface area contributed by atoms with E-state index in [0.717, 1.165) is 6.42 Å². The van der Waals surface area contributed by atoms with E-state index < -0.39 is 11.9 Å². The number of rotatable bonds is 6. The summed E-state index contributed by atoms with van der Waals surface area (Å²) < 4.78 is 0. The van der Waals surface area contributed by atoms with Crippen molar-refractivity contribution in [3.8, 4) is 0 Å². The maximum absolute atomic E-state index is 12.8. The van der Waals surface area contributed by atoms with Gasteiger partial charge < -0.3 is 15.7 Å². The van der Waals surface area contributed by atoms with Gasteiger partial charge in [-0.2, -0.15) is 0 Å². The Balaban J connectivity index is 2.96. The Morgan fingerprint density at radius 1 is 1.39 bits per heavy atom. The van der Waals surface area contributed by atoms with Gasteiger partial charge in [0.15, 0.2) is 0 Å². The summed E-state index contributed by atoms with van der Waals surface area (Å²) in [5, 5.41) is 9.24. The number of carbonyl (C=O) groups is 2. The number of carbonyl (C=O) groups excluding carboxylic acids is 1. The van der Waals surface area contributed by atoms with E-state index in [-0.39, 0.29) is 18.4 Å². The van der Waals surface area contributed by atoms with Gasteiger partial charge in [-0.25, -0.2) is 0 Å². The number of nitrogens with zero attached hydrogens (tertiary/aromatic N) is 2. The second kappa shape index (κ2) is 9.12. The van der Waals surface area contributed by atoms with Gasteiger partial charge in [-0.3, -0.25) is 14.6 Å². The highest BCUT2D eigenvalue weighted by Crippen LogP contribution is 2.24. The number of allylic oxidation sites excluding steroid dienone is 2. The molecule has 1 fully saturated rings. The second-order valence-corrected chi connectivity index (χ2v) is 6.08. The summed E-state index contributed by atoms with van der Waals surface area (Å²) >= 11 is 0. The summed E-state index contributed by atoms with van der Waals surface area (Å²) in [6, 6.07) is 0. The molecular formula is C17H27N3O3. The van der Waals surface area contributed by atoms with Crippen LogP contribution in [0.1, 0.15) is 33.1 Å². The van der Waals surface area contributed by atoms with Gasteiger partial charge in [0, 0.05) is 37.6 Å². The summed E-state index contributed by atoms with van der Waals surface area (Å²) in [4.78, 5) is 29.5. The molecule has 0 bridgehead atoms. The highest BCUT2D eigenvalue weighted by Gasteiger charge is 2.32. The van der Waals surface area contributed by atoms with E-state index in [4.69, 9.17) is 5.73 Å². The van der Waals surface area contributed by atoms with Gasteiger partial charge in [0.1, 0.15) is 0 Å². The highest BCUT2D eigenvalue weighted by atomic mass is 16.4. The summed E-state index contributed by atoms with van der Waals surface area (Å²) in [6.07, 6.45) is 6.92. The number of carboxylic acid groups (broad SMARTS) is 1. The molecule has 1 aliphatic heterocycles. The number of aliphatic imine (C=N–C) groups is 1. The van der Waals surface area contributed by atoms with Crippen LogP contribution in [-0.2, 0) is 9.59 Å². The third kappa shape index (κ3) is 5.88. The molecule has 0 aromatic rings. The first-order valence-corrected chi connectivity index (χ1v) is 7.99. The number of hydrogen-bond donors (Lipinski definition) is 2. The molecule has 6 heteroatoms. The minimum absolute atomic E-state index is 0.116. The molecular weight excluding hydrogens is 294 g/mol. The van der Waals surface area contributed by atoms with Gasteiger partial charge in [0.25, 0.3) is 0 Å². The molecule has 1 aliphatic rings. The minimum atomic E-state index is -0.839. The smallest absolute Gasteiger partial charge is 0.308 e. The standard InChI is InChI=1S/C17H27N3O3/c1-4-5-13(9-15(18)6-7-19-3)16(21)20-10-12(2)8-14(11-20)17(22)23/h6-7,9,12,14H,4-5,8,10-11,18H2,1-3H3,(H,22,23)/b13-9+,15-6-,19-7?. The fraction of sp³-hybridized carbons (Fsp3) is 0.588. The predicted octanol–water partition coefficient (Wildman–Crippen LogP) is 1.83. The maximum atomic E-state index is 12.8. The first kappa shape index (κ1) is 18.9. The fourth-order valence-corrected chi connectivity index (χ4v) is 2.82. The molecule has 128 valence electrons. The Kier molecular flexibility index (Phi) is 7.51. The van der Waals surface area contributed by atoms with Crippen molar-refractivity contribution >= 4 is 18.1 Å². The first-order chi connectivity index (χ1) is 10.9. The van der Waals surface area contributed by atoms with Crippen LogP contribution in [0.4, 0.5) is 0 Å². The van der Waals surface area contributed by atoms with Crippen molar-refractivity contribution < 1.29 is 14.7 Å². The molecule has 23 heavy (non-hydrogen) atoms. The molecule has 2 atom stereocenters. The Hall–Kier alpha value is -2.11. The largest absolute Gasteiger partial charge is 0.481 e. The van der Waals surface area contributed by atoms with Crippen molar-refractivity contribution in [1.82, 2.24) is 4.90 Å². The zero-order valence-electron chi connectivity index (χ0n) is 14.2. The lowest BCUT2D eigenvalue weighted by Crippen LogP contribution is -2.46. The number of amides is 1. The van der Waals surface area contributed by atoms with E-state index in [1.807, 2.05) is 13.8 Å². The predicted molar refractivity (Wildman–Crippen MR) is 91.2 cm³/mol. The quantitative estimate of drug-likeness (QED) is 0.443. The Labute approximate surface area is 137 Å². The molecule has 0 aromatic carbocycles. The highest BCUT2D eigenvalue weighted by molar-refractivity contribution is 5.94. The molecule has 0 saturated carbocycles. The van der Waals surface area contributed by atoms with Crippen molar-refractivity contribution in [2.24, 2.45) is 22.6 Å². The van der Waals surface area contributed by atoms with E-state index in [1.54, 1.807) is 30.3 Å². The Morgan fingerprint density at radius 3 is 2.65 bits per heavy atom. The van der Waals surface area contributed by atoms with Crippen LogP contribution in [0.15, 0.2) is 28.4 Å². The molecule has 1 amide bonds. The van der Waals surface area contributed by atoms with E-state index in [0.29, 0.717) is 30.7 Å². The number of piperidine rings is 1. The molecule has 3 N–H and O–H groups in total. The van der Waals surface area contributed by atoms with Crippen LogP contribution in [0.2, 0.25) is 0 Å². The number of carboxylic acids is 1. The lowest BCUT2D eigenvalue weighted by atomic mass is 9.90. The summed E-state index contributed by atoms with van der Waals surface area (Å²) in [7, 11) is 1.65. The van der Waals surface area contributed by atoms with Crippen LogP contribution in [-0.4, -0.2) is 48.2 Å². The molecule has 1 heterocycles. The molecule has 1 saturated heterocycles. The van der Waals surface area contributed by atoms with Crippen LogP contribution in [0.3, 0.4) is 0 Å². The normalized spacial score (nSPS) is 23.3. The molecule has 0 aliphatic carbocycles. The molecule has 2 unspecified atom stereocenters. The second-order valence-electron chi connectivity index (χ2n) is 6.08. The summed E-state index contributed by atoms with van der Waals surface area (Å²) in [5.41, 5.74) is 6.97. The average Bonchev–Trinajstić information content (AvgIpc) is 2.51. The van der Waals surface area contributed by atoms with Crippen molar-refractivity contribution in [1.29, 1.82) is 0 Å². The van der Waals surface area contributed by atoms with Gasteiger partial charge in [0.2, 0.25) is 5.91 Å². The van der Waals surface area contributed by atoms with Crippen molar-refractivity contribution in [3.05, 3.63) is 23.4 Å². The molecule has 1 rings (SSSR count). The number of hydrogen-bond acceptors (Lipinski definition) is 4. The SMILES string of the molecule is CCC/C(=C\C(N)=C\C=NC)C(=O)N1CC(C)CC(C(=O)O)C1. The van der Waals surface area contributed by atoms with Crippen LogP contribution in [0, 0.1) is 11.8 Å². The van der Waals surface area contributed by atoms with E-state index in [1.165, 1.54) is 0 Å². The fourth-order valence-electron chi connectivity index (χ4n) is 2.82. The van der Waals surface area contributed by atoms with Gasteiger partial charge in [0.05, 0.1) is 5.92 Å². The van der Waals surface area contributed by atoms with Crippen LogP contribution in [0.25, 0.3) is 0 Å². The molecule has 0 aromatic heterocycles. The van der Waals surface area contributed by atoms with Crippen molar-refractivity contribution in [2.45, 2.75) is 33.1 Å². The maximum Gasteiger partial charge on any atom is 0.308 e. The van der Waals surface area contributed by atoms with Gasteiger partial charge in [-0.05, 0) is 30.9 Å². The zero-order valence-corrected chi connectivity index (χ0v) is 14.2. The summed E-state index contributed by atoms with van der Waals surface area (Å²) in [6.45, 7) is 4.82. The third-order valence-corrected chi connectivity index (χ3v) is 3.85. The molecule has 0 spiro atoms. The van der Waals surface area contributed by atoms with E-state index in [9.17, 15) is 14.7 Å². The summed E-state index contributed by atoms with van der Waals surface area (Å²) in [5.74, 6) is -1.27. The van der Waals surface area contributed by atoms with Gasteiger partial charge >= 0.3 is 5.97 Å². The Bertz CT molecular complexity index is 523.